The maximum absolute atomic E-state index is 14.0. The molecule has 2 aliphatic rings. The summed E-state index contributed by atoms with van der Waals surface area (Å²) in [6, 6.07) is 10.8. The van der Waals surface area contributed by atoms with Crippen molar-refractivity contribution in [2.75, 3.05) is 24.5 Å². The molecule has 3 nitrogen and oxygen atoms in total. The molecule has 202 valence electrons. The number of amides is 1. The van der Waals surface area contributed by atoms with Gasteiger partial charge in [-0.1, -0.05) is 43.7 Å². The molecule has 1 amide bonds. The minimum absolute atomic E-state index is 0.509. The van der Waals surface area contributed by atoms with Gasteiger partial charge in [-0.3, -0.25) is 4.79 Å². The quantitative estimate of drug-likeness (QED) is 0.370. The van der Waals surface area contributed by atoms with Crippen LogP contribution in [-0.4, -0.2) is 43.6 Å². The molecule has 0 bridgehead atoms. The Labute approximate surface area is 211 Å². The van der Waals surface area contributed by atoms with Gasteiger partial charge < -0.3 is 10.2 Å². The first kappa shape index (κ1) is 27.3. The lowest BCUT2D eigenvalue weighted by molar-refractivity contribution is -0.352. The molecule has 1 aliphatic carbocycles. The summed E-state index contributed by atoms with van der Waals surface area (Å²) in [7, 11) is 0. The Bertz CT molecular complexity index is 1140. The highest BCUT2D eigenvalue weighted by Crippen LogP contribution is 2.50. The average Bonchev–Trinajstić information content (AvgIpc) is 3.20. The van der Waals surface area contributed by atoms with Gasteiger partial charge >= 0.3 is 18.0 Å². The lowest BCUT2D eigenvalue weighted by atomic mass is 9.88. The van der Waals surface area contributed by atoms with Crippen molar-refractivity contribution in [3.05, 3.63) is 53.1 Å². The monoisotopic (exact) mass is 530 g/mol. The standard InChI is InChI=1S/C27H29F7N2O/c1-2-3-9-20-21(36-14-7-4-8-15-36)13-12-19-17-10-5-6-11-18(17)23(22(19)20)24(37)35-16-25(28,29)26(30,31)27(32,33)34/h5-6,10-13,23H,2-4,7-9,14-16H2,1H3,(H,35,37). The number of anilines is 1. The van der Waals surface area contributed by atoms with Crippen LogP contribution in [0.25, 0.3) is 11.1 Å². The van der Waals surface area contributed by atoms with Crippen molar-refractivity contribution >= 4 is 11.6 Å². The predicted octanol–water partition coefficient (Wildman–Crippen LogP) is 7.08. The van der Waals surface area contributed by atoms with E-state index in [1.807, 2.05) is 19.1 Å². The van der Waals surface area contributed by atoms with Gasteiger partial charge in [-0.25, -0.2) is 0 Å². The van der Waals surface area contributed by atoms with Gasteiger partial charge in [0.2, 0.25) is 5.91 Å². The molecule has 0 saturated carbocycles. The Kier molecular flexibility index (Phi) is 7.50. The number of benzene rings is 2. The number of nitrogens with one attached hydrogen (secondary N) is 1. The van der Waals surface area contributed by atoms with Crippen molar-refractivity contribution in [1.29, 1.82) is 0 Å². The number of hydrogen-bond acceptors (Lipinski definition) is 2. The van der Waals surface area contributed by atoms with Crippen LogP contribution in [0.15, 0.2) is 36.4 Å². The summed E-state index contributed by atoms with van der Waals surface area (Å²) < 4.78 is 92.7. The van der Waals surface area contributed by atoms with E-state index in [0.29, 0.717) is 23.1 Å². The zero-order valence-corrected chi connectivity index (χ0v) is 20.4. The zero-order chi connectivity index (χ0) is 27.0. The van der Waals surface area contributed by atoms with Crippen LogP contribution in [0, 0.1) is 0 Å². The van der Waals surface area contributed by atoms with Gasteiger partial charge in [0.1, 0.15) is 0 Å². The van der Waals surface area contributed by atoms with E-state index < -0.39 is 36.4 Å². The predicted molar refractivity (Wildman–Crippen MR) is 127 cm³/mol. The zero-order valence-electron chi connectivity index (χ0n) is 20.4. The SMILES string of the molecule is CCCCc1c(N2CCCCC2)ccc2c1C(C(=O)NCC(F)(F)C(F)(F)C(F)(F)F)c1ccccc1-2. The highest BCUT2D eigenvalue weighted by atomic mass is 19.4. The summed E-state index contributed by atoms with van der Waals surface area (Å²) in [6.45, 7) is 1.55. The van der Waals surface area contributed by atoms with E-state index >= 15 is 0 Å². The van der Waals surface area contributed by atoms with Crippen LogP contribution in [-0.2, 0) is 11.2 Å². The number of unbranched alkanes of at least 4 members (excludes halogenated alkanes) is 1. The normalized spacial score (nSPS) is 17.9. The summed E-state index contributed by atoms with van der Waals surface area (Å²) in [5.41, 5.74) is 4.43. The van der Waals surface area contributed by atoms with E-state index in [9.17, 15) is 35.5 Å². The molecular weight excluding hydrogens is 501 g/mol. The maximum Gasteiger partial charge on any atom is 0.459 e. The lowest BCUT2D eigenvalue weighted by Gasteiger charge is -2.32. The molecule has 1 N–H and O–H groups in total. The number of halogens is 7. The second-order valence-electron chi connectivity index (χ2n) is 9.69. The van der Waals surface area contributed by atoms with Crippen molar-refractivity contribution in [2.24, 2.45) is 0 Å². The van der Waals surface area contributed by atoms with Crippen molar-refractivity contribution in [1.82, 2.24) is 5.32 Å². The number of hydrogen-bond donors (Lipinski definition) is 1. The van der Waals surface area contributed by atoms with E-state index in [-0.39, 0.29) is 0 Å². The third-order valence-electron chi connectivity index (χ3n) is 7.22. The molecular formula is C27H29F7N2O. The second kappa shape index (κ2) is 10.2. The van der Waals surface area contributed by atoms with Gasteiger partial charge in [-0.05, 0) is 66.0 Å². The molecule has 1 saturated heterocycles. The second-order valence-corrected chi connectivity index (χ2v) is 9.69. The summed E-state index contributed by atoms with van der Waals surface area (Å²) >= 11 is 0. The first-order valence-electron chi connectivity index (χ1n) is 12.5. The van der Waals surface area contributed by atoms with Crippen molar-refractivity contribution in [2.45, 2.75) is 69.4 Å². The van der Waals surface area contributed by atoms with Crippen molar-refractivity contribution < 1.29 is 35.5 Å². The minimum Gasteiger partial charge on any atom is -0.371 e. The molecule has 0 radical (unpaired) electrons. The van der Waals surface area contributed by atoms with Crippen LogP contribution >= 0.6 is 0 Å². The van der Waals surface area contributed by atoms with E-state index in [0.717, 1.165) is 62.0 Å². The van der Waals surface area contributed by atoms with Crippen molar-refractivity contribution in [3.63, 3.8) is 0 Å². The first-order chi connectivity index (χ1) is 17.4. The van der Waals surface area contributed by atoms with Crippen LogP contribution < -0.4 is 10.2 Å². The minimum atomic E-state index is -6.45. The molecule has 2 aromatic rings. The number of carbonyl (C=O) groups excluding carboxylic acids is 1. The number of rotatable bonds is 8. The molecule has 0 aromatic heterocycles. The van der Waals surface area contributed by atoms with Gasteiger partial charge in [0.15, 0.2) is 0 Å². The average molecular weight is 531 g/mol. The smallest absolute Gasteiger partial charge is 0.371 e. The summed E-state index contributed by atoms with van der Waals surface area (Å²) in [4.78, 5) is 15.6. The summed E-state index contributed by atoms with van der Waals surface area (Å²) in [5, 5.41) is 1.72. The fraction of sp³-hybridized carbons (Fsp3) is 0.519. The summed E-state index contributed by atoms with van der Waals surface area (Å²) in [5.74, 6) is -13.9. The number of nitrogens with zero attached hydrogens (tertiary/aromatic N) is 1. The largest absolute Gasteiger partial charge is 0.459 e. The van der Waals surface area contributed by atoms with E-state index in [1.54, 1.807) is 29.6 Å². The molecule has 2 aromatic carbocycles. The van der Waals surface area contributed by atoms with Gasteiger partial charge in [0, 0.05) is 18.8 Å². The third kappa shape index (κ3) is 4.91. The van der Waals surface area contributed by atoms with Crippen LogP contribution in [0.1, 0.15) is 61.6 Å². The van der Waals surface area contributed by atoms with Crippen LogP contribution in [0.4, 0.5) is 36.4 Å². The molecule has 1 atom stereocenters. The fourth-order valence-corrected chi connectivity index (χ4v) is 5.31. The molecule has 1 fully saturated rings. The highest BCUT2D eigenvalue weighted by Gasteiger charge is 2.72. The molecule has 1 heterocycles. The molecule has 1 aliphatic heterocycles. The fourth-order valence-electron chi connectivity index (χ4n) is 5.31. The van der Waals surface area contributed by atoms with Gasteiger partial charge in [-0.2, -0.15) is 30.7 Å². The van der Waals surface area contributed by atoms with E-state index in [2.05, 4.69) is 4.90 Å². The Hall–Kier alpha value is -2.78. The van der Waals surface area contributed by atoms with Gasteiger partial charge in [0.25, 0.3) is 0 Å². The van der Waals surface area contributed by atoms with E-state index in [1.165, 1.54) is 0 Å². The first-order valence-corrected chi connectivity index (χ1v) is 12.5. The lowest BCUT2D eigenvalue weighted by Crippen LogP contribution is -2.57. The van der Waals surface area contributed by atoms with Gasteiger partial charge in [-0.15, -0.1) is 0 Å². The molecule has 4 rings (SSSR count). The Balaban J connectivity index is 1.74. The third-order valence-corrected chi connectivity index (χ3v) is 7.22. The summed E-state index contributed by atoms with van der Waals surface area (Å²) in [6.07, 6.45) is -1.04. The highest BCUT2D eigenvalue weighted by molar-refractivity contribution is 5.98. The van der Waals surface area contributed by atoms with Crippen LogP contribution in [0.3, 0.4) is 0 Å². The van der Waals surface area contributed by atoms with Crippen LogP contribution in [0.2, 0.25) is 0 Å². The number of piperidine rings is 1. The molecule has 1 unspecified atom stereocenters. The Morgan fingerprint density at radius 1 is 0.946 bits per heavy atom. The Morgan fingerprint density at radius 2 is 1.62 bits per heavy atom. The number of carbonyl (C=O) groups is 1. The molecule has 10 heteroatoms. The van der Waals surface area contributed by atoms with Crippen LogP contribution in [0.5, 0.6) is 0 Å². The molecule has 37 heavy (non-hydrogen) atoms. The van der Waals surface area contributed by atoms with Crippen molar-refractivity contribution in [3.8, 4) is 11.1 Å². The maximum atomic E-state index is 14.0. The van der Waals surface area contributed by atoms with E-state index in [4.69, 9.17) is 0 Å². The topological polar surface area (TPSA) is 32.3 Å². The number of fused-ring (bicyclic) bond motifs is 3. The Morgan fingerprint density at radius 3 is 2.27 bits per heavy atom. The van der Waals surface area contributed by atoms with Gasteiger partial charge in [0.05, 0.1) is 12.5 Å². The number of alkyl halides is 7. The molecule has 0 spiro atoms.